The largest absolute Gasteiger partial charge is 0.433 e. The van der Waals surface area contributed by atoms with Crippen LogP contribution in [0.15, 0.2) is 18.3 Å². The zero-order chi connectivity index (χ0) is 18.6. The predicted molar refractivity (Wildman–Crippen MR) is 98.9 cm³/mol. The SMILES string of the molecule is CCCCC1CCC(C2CCC(c3ccc(C(F)(F)F)nc3)CC2)CC1. The summed E-state index contributed by atoms with van der Waals surface area (Å²) in [5.41, 5.74) is 0.203. The van der Waals surface area contributed by atoms with Crippen LogP contribution in [0.5, 0.6) is 0 Å². The third kappa shape index (κ3) is 5.01. The molecule has 0 unspecified atom stereocenters. The van der Waals surface area contributed by atoms with Crippen LogP contribution in [-0.2, 0) is 6.18 Å². The van der Waals surface area contributed by atoms with Crippen LogP contribution in [0.3, 0.4) is 0 Å². The summed E-state index contributed by atoms with van der Waals surface area (Å²) < 4.78 is 38.0. The Hall–Kier alpha value is -1.06. The Balaban J connectivity index is 1.46. The third-order valence-electron chi connectivity index (χ3n) is 6.84. The van der Waals surface area contributed by atoms with Gasteiger partial charge >= 0.3 is 6.18 Å². The van der Waals surface area contributed by atoms with E-state index in [1.807, 2.05) is 0 Å². The van der Waals surface area contributed by atoms with Gasteiger partial charge in [0.05, 0.1) is 0 Å². The molecule has 0 radical (unpaired) electrons. The van der Waals surface area contributed by atoms with Gasteiger partial charge in [-0.2, -0.15) is 13.2 Å². The molecule has 0 aliphatic heterocycles. The van der Waals surface area contributed by atoms with Gasteiger partial charge in [-0.05, 0) is 73.8 Å². The Morgan fingerprint density at radius 3 is 2.04 bits per heavy atom. The number of pyridine rings is 1. The Labute approximate surface area is 155 Å². The molecule has 2 fully saturated rings. The van der Waals surface area contributed by atoms with Crippen LogP contribution in [0.2, 0.25) is 0 Å². The molecule has 0 spiro atoms. The average Bonchev–Trinajstić information content (AvgIpc) is 2.66. The second kappa shape index (κ2) is 8.75. The van der Waals surface area contributed by atoms with E-state index in [0.29, 0.717) is 5.92 Å². The summed E-state index contributed by atoms with van der Waals surface area (Å²) in [5.74, 6) is 3.07. The van der Waals surface area contributed by atoms with Crippen LogP contribution in [0.1, 0.15) is 94.7 Å². The molecule has 0 aromatic carbocycles. The number of unbranched alkanes of at least 4 members (excludes halogenated alkanes) is 1. The summed E-state index contributed by atoms with van der Waals surface area (Å²) in [6.45, 7) is 2.27. The maximum absolute atomic E-state index is 12.7. The van der Waals surface area contributed by atoms with Crippen LogP contribution in [-0.4, -0.2) is 4.98 Å². The number of nitrogens with zero attached hydrogens (tertiary/aromatic N) is 1. The zero-order valence-corrected chi connectivity index (χ0v) is 15.9. The fraction of sp³-hybridized carbons (Fsp3) is 0.773. The molecule has 0 bridgehead atoms. The molecule has 1 aromatic heterocycles. The minimum atomic E-state index is -4.34. The molecule has 1 aromatic rings. The van der Waals surface area contributed by atoms with E-state index in [2.05, 4.69) is 11.9 Å². The van der Waals surface area contributed by atoms with Gasteiger partial charge in [0.2, 0.25) is 0 Å². The number of alkyl halides is 3. The van der Waals surface area contributed by atoms with Crippen molar-refractivity contribution in [3.63, 3.8) is 0 Å². The topological polar surface area (TPSA) is 12.9 Å². The fourth-order valence-electron chi connectivity index (χ4n) is 5.18. The molecule has 2 aliphatic rings. The van der Waals surface area contributed by atoms with E-state index >= 15 is 0 Å². The summed E-state index contributed by atoms with van der Waals surface area (Å²) in [4.78, 5) is 3.64. The zero-order valence-electron chi connectivity index (χ0n) is 15.9. The van der Waals surface area contributed by atoms with Crippen molar-refractivity contribution >= 4 is 0 Å². The minimum Gasteiger partial charge on any atom is -0.251 e. The van der Waals surface area contributed by atoms with E-state index in [1.165, 1.54) is 64.0 Å². The van der Waals surface area contributed by atoms with Gasteiger partial charge in [0.1, 0.15) is 5.69 Å². The smallest absolute Gasteiger partial charge is 0.251 e. The van der Waals surface area contributed by atoms with Gasteiger partial charge in [0, 0.05) is 6.20 Å². The minimum absolute atomic E-state index is 0.391. The number of aromatic nitrogens is 1. The van der Waals surface area contributed by atoms with E-state index in [0.717, 1.165) is 42.2 Å². The van der Waals surface area contributed by atoms with Gasteiger partial charge in [-0.25, -0.2) is 0 Å². The lowest BCUT2D eigenvalue weighted by Crippen LogP contribution is -2.25. The van der Waals surface area contributed by atoms with E-state index in [-0.39, 0.29) is 0 Å². The second-order valence-corrected chi connectivity index (χ2v) is 8.51. The van der Waals surface area contributed by atoms with Crippen molar-refractivity contribution in [3.05, 3.63) is 29.6 Å². The highest BCUT2D eigenvalue weighted by Crippen LogP contribution is 2.44. The molecule has 0 amide bonds. The predicted octanol–water partition coefficient (Wildman–Crippen LogP) is 7.37. The molecule has 2 saturated carbocycles. The molecule has 146 valence electrons. The molecule has 0 atom stereocenters. The van der Waals surface area contributed by atoms with Crippen molar-refractivity contribution in [3.8, 4) is 0 Å². The molecule has 0 N–H and O–H groups in total. The highest BCUT2D eigenvalue weighted by molar-refractivity contribution is 5.20. The van der Waals surface area contributed by atoms with E-state index in [4.69, 9.17) is 0 Å². The summed E-state index contributed by atoms with van der Waals surface area (Å²) in [6, 6.07) is 2.78. The van der Waals surface area contributed by atoms with Gasteiger partial charge in [0.15, 0.2) is 0 Å². The molecular weight excluding hydrogens is 335 g/mol. The quantitative estimate of drug-likeness (QED) is 0.529. The van der Waals surface area contributed by atoms with Crippen LogP contribution >= 0.6 is 0 Å². The van der Waals surface area contributed by atoms with Gasteiger partial charge < -0.3 is 0 Å². The lowest BCUT2D eigenvalue weighted by molar-refractivity contribution is -0.141. The second-order valence-electron chi connectivity index (χ2n) is 8.51. The normalized spacial score (nSPS) is 30.3. The Morgan fingerprint density at radius 2 is 1.54 bits per heavy atom. The van der Waals surface area contributed by atoms with Gasteiger partial charge in [-0.15, -0.1) is 0 Å². The molecule has 3 rings (SSSR count). The number of hydrogen-bond acceptors (Lipinski definition) is 1. The van der Waals surface area contributed by atoms with Gasteiger partial charge in [0.25, 0.3) is 0 Å². The number of hydrogen-bond donors (Lipinski definition) is 0. The van der Waals surface area contributed by atoms with Gasteiger partial charge in [-0.1, -0.05) is 45.1 Å². The monoisotopic (exact) mass is 367 g/mol. The molecular formula is C22H32F3N. The molecule has 2 aliphatic carbocycles. The summed E-state index contributed by atoms with van der Waals surface area (Å²) >= 11 is 0. The Kier molecular flexibility index (Phi) is 6.63. The van der Waals surface area contributed by atoms with E-state index in [1.54, 1.807) is 6.07 Å². The first kappa shape index (κ1) is 19.7. The van der Waals surface area contributed by atoms with Crippen molar-refractivity contribution in [2.45, 2.75) is 89.6 Å². The van der Waals surface area contributed by atoms with E-state index in [9.17, 15) is 13.2 Å². The van der Waals surface area contributed by atoms with Crippen LogP contribution in [0.25, 0.3) is 0 Å². The molecule has 1 nitrogen and oxygen atoms in total. The molecule has 26 heavy (non-hydrogen) atoms. The van der Waals surface area contributed by atoms with Crippen LogP contribution < -0.4 is 0 Å². The van der Waals surface area contributed by atoms with E-state index < -0.39 is 11.9 Å². The van der Waals surface area contributed by atoms with Crippen LogP contribution in [0.4, 0.5) is 13.2 Å². The Bertz CT molecular complexity index is 536. The van der Waals surface area contributed by atoms with Crippen molar-refractivity contribution in [1.29, 1.82) is 0 Å². The standard InChI is InChI=1S/C22H32F3N/c1-2-3-4-16-5-7-17(8-6-16)18-9-11-19(12-10-18)20-13-14-21(26-15-20)22(23,24)25/h13-19H,2-12H2,1H3. The maximum Gasteiger partial charge on any atom is 0.433 e. The summed E-state index contributed by atoms with van der Waals surface area (Å²) in [7, 11) is 0. The highest BCUT2D eigenvalue weighted by Gasteiger charge is 2.33. The lowest BCUT2D eigenvalue weighted by Gasteiger charge is -2.38. The van der Waals surface area contributed by atoms with Crippen molar-refractivity contribution in [1.82, 2.24) is 4.98 Å². The van der Waals surface area contributed by atoms with Crippen molar-refractivity contribution < 1.29 is 13.2 Å². The first-order valence-corrected chi connectivity index (χ1v) is 10.5. The maximum atomic E-state index is 12.7. The van der Waals surface area contributed by atoms with Gasteiger partial charge in [-0.3, -0.25) is 4.98 Å². The summed E-state index contributed by atoms with van der Waals surface area (Å²) in [5, 5.41) is 0. The first-order valence-electron chi connectivity index (χ1n) is 10.5. The number of rotatable bonds is 5. The number of halogens is 3. The highest BCUT2D eigenvalue weighted by atomic mass is 19.4. The first-order chi connectivity index (χ1) is 12.5. The lowest BCUT2D eigenvalue weighted by atomic mass is 9.68. The molecule has 4 heteroatoms. The van der Waals surface area contributed by atoms with Crippen molar-refractivity contribution in [2.24, 2.45) is 17.8 Å². The fourth-order valence-corrected chi connectivity index (χ4v) is 5.18. The summed E-state index contributed by atoms with van der Waals surface area (Å²) in [6.07, 6.45) is 11.5. The average molecular weight is 367 g/mol. The van der Waals surface area contributed by atoms with Crippen molar-refractivity contribution in [2.75, 3.05) is 0 Å². The molecule has 1 heterocycles. The Morgan fingerprint density at radius 1 is 0.923 bits per heavy atom. The van der Waals surface area contributed by atoms with Crippen LogP contribution in [0, 0.1) is 17.8 Å². The third-order valence-corrected chi connectivity index (χ3v) is 6.84. The molecule has 0 saturated heterocycles.